The fraction of sp³-hybridized carbons (Fsp3) is 0.538. The number of nitrogens with one attached hydrogen (secondary N) is 1. The third kappa shape index (κ3) is 1.94. The maximum Gasteiger partial charge on any atom is 0.143 e. The number of anilines is 2. The molecule has 2 rings (SSSR count). The number of nitrogen functional groups attached to an aromatic ring is 1. The fourth-order valence-electron chi connectivity index (χ4n) is 2.27. The molecule has 3 heteroatoms. The number of hydrogen-bond donors (Lipinski definition) is 2. The van der Waals surface area contributed by atoms with E-state index < -0.39 is 0 Å². The summed E-state index contributed by atoms with van der Waals surface area (Å²) in [4.78, 5) is 0. The molecule has 0 heterocycles. The summed E-state index contributed by atoms with van der Waals surface area (Å²) in [5, 5.41) is 3.61. The molecule has 1 aromatic carbocycles. The summed E-state index contributed by atoms with van der Waals surface area (Å²) in [7, 11) is 1.65. The zero-order valence-electron chi connectivity index (χ0n) is 10.0. The van der Waals surface area contributed by atoms with E-state index in [1.165, 1.54) is 25.7 Å². The lowest BCUT2D eigenvalue weighted by Crippen LogP contribution is -2.44. The van der Waals surface area contributed by atoms with Gasteiger partial charge in [-0.1, -0.05) is 6.92 Å². The van der Waals surface area contributed by atoms with Crippen molar-refractivity contribution in [1.29, 1.82) is 0 Å². The fourth-order valence-corrected chi connectivity index (χ4v) is 2.27. The summed E-state index contributed by atoms with van der Waals surface area (Å²) in [6.07, 6.45) is 5.01. The Bertz CT molecular complexity index is 367. The maximum atomic E-state index is 5.79. The van der Waals surface area contributed by atoms with Gasteiger partial charge in [0, 0.05) is 17.3 Å². The second-order valence-electron chi connectivity index (χ2n) is 4.57. The highest BCUT2D eigenvalue weighted by Gasteiger charge is 2.34. The summed E-state index contributed by atoms with van der Waals surface area (Å²) in [5.41, 5.74) is 7.89. The molecular weight excluding hydrogens is 200 g/mol. The highest BCUT2D eigenvalue weighted by Crippen LogP contribution is 2.38. The van der Waals surface area contributed by atoms with Gasteiger partial charge in [0.2, 0.25) is 0 Å². The van der Waals surface area contributed by atoms with E-state index in [4.69, 9.17) is 10.5 Å². The Labute approximate surface area is 97.0 Å². The topological polar surface area (TPSA) is 47.3 Å². The molecule has 1 saturated carbocycles. The highest BCUT2D eigenvalue weighted by molar-refractivity contribution is 5.62. The van der Waals surface area contributed by atoms with Crippen molar-refractivity contribution in [3.05, 3.63) is 18.2 Å². The molecular formula is C13H20N2O. The standard InChI is InChI=1S/C13H20N2O/c1-3-13(7-4-8-13)15-10-5-6-11(14)12(9-10)16-2/h5-6,9,15H,3-4,7-8,14H2,1-2H3. The third-order valence-corrected chi connectivity index (χ3v) is 3.63. The summed E-state index contributed by atoms with van der Waals surface area (Å²) in [6.45, 7) is 2.24. The van der Waals surface area contributed by atoms with Gasteiger partial charge in [-0.2, -0.15) is 0 Å². The summed E-state index contributed by atoms with van der Waals surface area (Å²) < 4.78 is 5.22. The lowest BCUT2D eigenvalue weighted by molar-refractivity contribution is 0.269. The molecule has 0 amide bonds. The number of benzene rings is 1. The first kappa shape index (κ1) is 11.1. The van der Waals surface area contributed by atoms with Gasteiger partial charge in [-0.25, -0.2) is 0 Å². The minimum Gasteiger partial charge on any atom is -0.495 e. The van der Waals surface area contributed by atoms with Gasteiger partial charge < -0.3 is 15.8 Å². The Morgan fingerprint density at radius 2 is 2.19 bits per heavy atom. The molecule has 0 aliphatic heterocycles. The third-order valence-electron chi connectivity index (χ3n) is 3.63. The van der Waals surface area contributed by atoms with Crippen molar-refractivity contribution in [2.75, 3.05) is 18.2 Å². The van der Waals surface area contributed by atoms with E-state index in [1.54, 1.807) is 7.11 Å². The van der Waals surface area contributed by atoms with Gasteiger partial charge in [0.25, 0.3) is 0 Å². The Kier molecular flexibility index (Phi) is 2.95. The van der Waals surface area contributed by atoms with Crippen LogP contribution in [-0.4, -0.2) is 12.6 Å². The molecule has 1 fully saturated rings. The average Bonchev–Trinajstić information content (AvgIpc) is 2.25. The van der Waals surface area contributed by atoms with Crippen LogP contribution in [0.25, 0.3) is 0 Å². The van der Waals surface area contributed by atoms with Crippen LogP contribution in [-0.2, 0) is 0 Å². The van der Waals surface area contributed by atoms with E-state index in [2.05, 4.69) is 12.2 Å². The van der Waals surface area contributed by atoms with Gasteiger partial charge >= 0.3 is 0 Å². The van der Waals surface area contributed by atoms with Crippen molar-refractivity contribution in [2.24, 2.45) is 0 Å². The van der Waals surface area contributed by atoms with Gasteiger partial charge in [-0.15, -0.1) is 0 Å². The first-order valence-electron chi connectivity index (χ1n) is 5.91. The first-order valence-corrected chi connectivity index (χ1v) is 5.91. The van der Waals surface area contributed by atoms with Crippen molar-refractivity contribution >= 4 is 11.4 Å². The Morgan fingerprint density at radius 3 is 2.69 bits per heavy atom. The van der Waals surface area contributed by atoms with Gasteiger partial charge in [0.1, 0.15) is 5.75 Å². The number of methoxy groups -OCH3 is 1. The van der Waals surface area contributed by atoms with Crippen molar-refractivity contribution in [3.8, 4) is 5.75 Å². The van der Waals surface area contributed by atoms with E-state index in [0.717, 1.165) is 11.4 Å². The maximum absolute atomic E-state index is 5.79. The predicted octanol–water partition coefficient (Wildman–Crippen LogP) is 3.02. The monoisotopic (exact) mass is 220 g/mol. The van der Waals surface area contributed by atoms with E-state index >= 15 is 0 Å². The highest BCUT2D eigenvalue weighted by atomic mass is 16.5. The van der Waals surface area contributed by atoms with Gasteiger partial charge in [0.05, 0.1) is 12.8 Å². The Morgan fingerprint density at radius 1 is 1.44 bits per heavy atom. The van der Waals surface area contributed by atoms with Crippen LogP contribution in [0.4, 0.5) is 11.4 Å². The Balaban J connectivity index is 2.15. The average molecular weight is 220 g/mol. The SMILES string of the molecule is CCC1(Nc2ccc(N)c(OC)c2)CCC1. The van der Waals surface area contributed by atoms with Crippen molar-refractivity contribution in [1.82, 2.24) is 0 Å². The molecule has 88 valence electrons. The van der Waals surface area contributed by atoms with E-state index in [-0.39, 0.29) is 0 Å². The molecule has 0 aromatic heterocycles. The molecule has 0 radical (unpaired) electrons. The first-order chi connectivity index (χ1) is 7.69. The molecule has 16 heavy (non-hydrogen) atoms. The van der Waals surface area contributed by atoms with Crippen LogP contribution in [0.5, 0.6) is 5.75 Å². The normalized spacial score (nSPS) is 17.6. The number of hydrogen-bond acceptors (Lipinski definition) is 3. The van der Waals surface area contributed by atoms with Crippen LogP contribution >= 0.6 is 0 Å². The quantitative estimate of drug-likeness (QED) is 0.767. The molecule has 1 aromatic rings. The molecule has 3 nitrogen and oxygen atoms in total. The number of rotatable bonds is 4. The van der Waals surface area contributed by atoms with Crippen molar-refractivity contribution in [3.63, 3.8) is 0 Å². The molecule has 0 spiro atoms. The zero-order valence-corrected chi connectivity index (χ0v) is 10.0. The van der Waals surface area contributed by atoms with E-state index in [0.29, 0.717) is 11.2 Å². The molecule has 3 N–H and O–H groups in total. The van der Waals surface area contributed by atoms with Crippen LogP contribution < -0.4 is 15.8 Å². The summed E-state index contributed by atoms with van der Waals surface area (Å²) in [5.74, 6) is 0.746. The molecule has 1 aliphatic rings. The van der Waals surface area contributed by atoms with Crippen LogP contribution in [0.2, 0.25) is 0 Å². The predicted molar refractivity (Wildman–Crippen MR) is 67.9 cm³/mol. The largest absolute Gasteiger partial charge is 0.495 e. The second kappa shape index (κ2) is 4.24. The molecule has 0 bridgehead atoms. The smallest absolute Gasteiger partial charge is 0.143 e. The second-order valence-corrected chi connectivity index (χ2v) is 4.57. The summed E-state index contributed by atoms with van der Waals surface area (Å²) >= 11 is 0. The van der Waals surface area contributed by atoms with Crippen molar-refractivity contribution in [2.45, 2.75) is 38.1 Å². The molecule has 0 unspecified atom stereocenters. The Hall–Kier alpha value is -1.38. The number of nitrogens with two attached hydrogens (primary N) is 1. The molecule has 1 aliphatic carbocycles. The lowest BCUT2D eigenvalue weighted by Gasteiger charge is -2.43. The van der Waals surface area contributed by atoms with Gasteiger partial charge in [0.15, 0.2) is 0 Å². The van der Waals surface area contributed by atoms with E-state index in [1.807, 2.05) is 18.2 Å². The zero-order chi connectivity index (χ0) is 11.6. The van der Waals surface area contributed by atoms with Crippen LogP contribution in [0, 0.1) is 0 Å². The lowest BCUT2D eigenvalue weighted by atomic mass is 9.74. The van der Waals surface area contributed by atoms with Crippen LogP contribution in [0.3, 0.4) is 0 Å². The summed E-state index contributed by atoms with van der Waals surface area (Å²) in [6, 6.07) is 5.89. The molecule has 0 atom stereocenters. The minimum absolute atomic E-state index is 0.307. The van der Waals surface area contributed by atoms with Gasteiger partial charge in [-0.05, 0) is 37.8 Å². The van der Waals surface area contributed by atoms with Gasteiger partial charge in [-0.3, -0.25) is 0 Å². The number of ether oxygens (including phenoxy) is 1. The van der Waals surface area contributed by atoms with Crippen LogP contribution in [0.15, 0.2) is 18.2 Å². The molecule has 0 saturated heterocycles. The van der Waals surface area contributed by atoms with Crippen LogP contribution in [0.1, 0.15) is 32.6 Å². The van der Waals surface area contributed by atoms with E-state index in [9.17, 15) is 0 Å². The minimum atomic E-state index is 0.307. The van der Waals surface area contributed by atoms with Crippen molar-refractivity contribution < 1.29 is 4.74 Å².